The van der Waals surface area contributed by atoms with Crippen molar-refractivity contribution in [2.75, 3.05) is 7.05 Å². The van der Waals surface area contributed by atoms with Gasteiger partial charge in [0.15, 0.2) is 11.0 Å². The average molecular weight is 278 g/mol. The van der Waals surface area contributed by atoms with Gasteiger partial charge >= 0.3 is 0 Å². The summed E-state index contributed by atoms with van der Waals surface area (Å²) in [6.07, 6.45) is 1.01. The molecule has 1 aromatic carbocycles. The van der Waals surface area contributed by atoms with Crippen molar-refractivity contribution in [1.29, 1.82) is 0 Å². The van der Waals surface area contributed by atoms with Crippen LogP contribution in [0.4, 0.5) is 0 Å². The van der Waals surface area contributed by atoms with Crippen molar-refractivity contribution in [1.82, 2.24) is 4.90 Å². The van der Waals surface area contributed by atoms with Crippen LogP contribution in [0.1, 0.15) is 28.6 Å². The van der Waals surface area contributed by atoms with Gasteiger partial charge < -0.3 is 9.32 Å². The van der Waals surface area contributed by atoms with E-state index < -0.39 is 0 Å². The molecule has 0 atom stereocenters. The molecule has 2 rings (SSSR count). The Kier molecular flexibility index (Phi) is 4.27. The molecule has 1 amide bonds. The van der Waals surface area contributed by atoms with Gasteiger partial charge in [0.05, 0.1) is 0 Å². The minimum absolute atomic E-state index is 0.175. The van der Waals surface area contributed by atoms with Crippen LogP contribution >= 0.6 is 11.6 Å². The topological polar surface area (TPSA) is 33.5 Å². The third-order valence-electron chi connectivity index (χ3n) is 2.98. The SMILES string of the molecule is CCc1ccc(CN(C)C(=O)c2ccc(Cl)o2)cc1. The Morgan fingerprint density at radius 2 is 1.79 bits per heavy atom. The number of furan rings is 1. The van der Waals surface area contributed by atoms with Crippen molar-refractivity contribution in [2.24, 2.45) is 0 Å². The maximum atomic E-state index is 12.1. The van der Waals surface area contributed by atoms with Crippen molar-refractivity contribution >= 4 is 17.5 Å². The highest BCUT2D eigenvalue weighted by atomic mass is 35.5. The maximum absolute atomic E-state index is 12.1. The number of nitrogens with zero attached hydrogens (tertiary/aromatic N) is 1. The Bertz CT molecular complexity index is 560. The second-order valence-corrected chi connectivity index (χ2v) is 4.81. The molecule has 1 aromatic heterocycles. The lowest BCUT2D eigenvalue weighted by molar-refractivity contribution is 0.0753. The van der Waals surface area contributed by atoms with Gasteiger partial charge in [0.25, 0.3) is 5.91 Å². The van der Waals surface area contributed by atoms with Crippen molar-refractivity contribution in [2.45, 2.75) is 19.9 Å². The zero-order valence-electron chi connectivity index (χ0n) is 11.0. The molecule has 0 saturated carbocycles. The molecular weight excluding hydrogens is 262 g/mol. The van der Waals surface area contributed by atoms with Crippen LogP contribution in [-0.4, -0.2) is 17.9 Å². The molecule has 4 heteroatoms. The molecule has 0 aliphatic rings. The minimum atomic E-state index is -0.175. The Hall–Kier alpha value is -1.74. The second kappa shape index (κ2) is 5.93. The number of carbonyl (C=O) groups is 1. The lowest BCUT2D eigenvalue weighted by Crippen LogP contribution is -2.25. The highest BCUT2D eigenvalue weighted by Crippen LogP contribution is 2.16. The van der Waals surface area contributed by atoms with Crippen molar-refractivity contribution in [3.8, 4) is 0 Å². The van der Waals surface area contributed by atoms with Crippen molar-refractivity contribution in [3.63, 3.8) is 0 Å². The van der Waals surface area contributed by atoms with Gasteiger partial charge in [0, 0.05) is 13.6 Å². The van der Waals surface area contributed by atoms with Gasteiger partial charge in [-0.15, -0.1) is 0 Å². The van der Waals surface area contributed by atoms with Crippen LogP contribution in [0.25, 0.3) is 0 Å². The summed E-state index contributed by atoms with van der Waals surface area (Å²) >= 11 is 5.67. The molecule has 0 saturated heterocycles. The molecule has 0 N–H and O–H groups in total. The molecule has 0 aliphatic carbocycles. The van der Waals surface area contributed by atoms with E-state index in [1.807, 2.05) is 12.1 Å². The number of aryl methyl sites for hydroxylation is 1. The first-order chi connectivity index (χ1) is 9.10. The summed E-state index contributed by atoms with van der Waals surface area (Å²) in [7, 11) is 1.74. The molecule has 2 aromatic rings. The fourth-order valence-corrected chi connectivity index (χ4v) is 1.99. The first-order valence-corrected chi connectivity index (χ1v) is 6.56. The molecule has 0 aliphatic heterocycles. The lowest BCUT2D eigenvalue weighted by atomic mass is 10.1. The fraction of sp³-hybridized carbons (Fsp3) is 0.267. The van der Waals surface area contributed by atoms with Gasteiger partial charge in [-0.1, -0.05) is 31.2 Å². The minimum Gasteiger partial charge on any atom is -0.440 e. The van der Waals surface area contributed by atoms with Crippen LogP contribution in [0.3, 0.4) is 0 Å². The summed E-state index contributed by atoms with van der Waals surface area (Å²) in [6, 6.07) is 11.4. The fourth-order valence-electron chi connectivity index (χ4n) is 1.84. The first-order valence-electron chi connectivity index (χ1n) is 6.18. The second-order valence-electron chi connectivity index (χ2n) is 4.44. The number of hydrogen-bond donors (Lipinski definition) is 0. The summed E-state index contributed by atoms with van der Waals surface area (Å²) in [5.74, 6) is 0.0872. The molecular formula is C15H16ClNO2. The van der Waals surface area contributed by atoms with Gasteiger partial charge in [-0.05, 0) is 41.3 Å². The zero-order valence-corrected chi connectivity index (χ0v) is 11.8. The molecule has 0 spiro atoms. The highest BCUT2D eigenvalue weighted by Gasteiger charge is 2.15. The molecule has 0 radical (unpaired) electrons. The Morgan fingerprint density at radius 1 is 1.16 bits per heavy atom. The van der Waals surface area contributed by atoms with E-state index >= 15 is 0 Å². The summed E-state index contributed by atoms with van der Waals surface area (Å²) in [6.45, 7) is 2.66. The smallest absolute Gasteiger partial charge is 0.289 e. The maximum Gasteiger partial charge on any atom is 0.289 e. The van der Waals surface area contributed by atoms with Gasteiger partial charge in [0.1, 0.15) is 0 Å². The van der Waals surface area contributed by atoms with Crippen LogP contribution in [0.15, 0.2) is 40.8 Å². The predicted octanol–water partition coefficient (Wildman–Crippen LogP) is 3.77. The van der Waals surface area contributed by atoms with E-state index in [0.29, 0.717) is 6.54 Å². The van der Waals surface area contributed by atoms with Crippen LogP contribution in [-0.2, 0) is 13.0 Å². The van der Waals surface area contributed by atoms with Crippen LogP contribution in [0.5, 0.6) is 0 Å². The standard InChI is InChI=1S/C15H16ClNO2/c1-3-11-4-6-12(7-5-11)10-17(2)15(18)13-8-9-14(16)19-13/h4-9H,3,10H2,1-2H3. The number of hydrogen-bond acceptors (Lipinski definition) is 2. The molecule has 0 bridgehead atoms. The third-order valence-corrected chi connectivity index (χ3v) is 3.18. The molecule has 0 unspecified atom stereocenters. The van der Waals surface area contributed by atoms with Gasteiger partial charge in [-0.25, -0.2) is 0 Å². The number of benzene rings is 1. The molecule has 19 heavy (non-hydrogen) atoms. The number of amides is 1. The lowest BCUT2D eigenvalue weighted by Gasteiger charge is -2.16. The van der Waals surface area contributed by atoms with E-state index in [1.165, 1.54) is 5.56 Å². The van der Waals surface area contributed by atoms with Crippen LogP contribution < -0.4 is 0 Å². The van der Waals surface area contributed by atoms with Gasteiger partial charge in [-0.3, -0.25) is 4.79 Å². The van der Waals surface area contributed by atoms with E-state index in [9.17, 15) is 4.79 Å². The summed E-state index contributed by atoms with van der Waals surface area (Å²) < 4.78 is 5.11. The van der Waals surface area contributed by atoms with Gasteiger partial charge in [-0.2, -0.15) is 0 Å². The monoisotopic (exact) mass is 277 g/mol. The van der Waals surface area contributed by atoms with E-state index in [1.54, 1.807) is 24.1 Å². The molecule has 0 fully saturated rings. The summed E-state index contributed by atoms with van der Waals surface area (Å²) in [5, 5.41) is 0.226. The van der Waals surface area contributed by atoms with Crippen LogP contribution in [0, 0.1) is 0 Å². The quantitative estimate of drug-likeness (QED) is 0.852. The Morgan fingerprint density at radius 3 is 2.32 bits per heavy atom. The van der Waals surface area contributed by atoms with Crippen LogP contribution in [0.2, 0.25) is 5.22 Å². The largest absolute Gasteiger partial charge is 0.440 e. The number of carbonyl (C=O) groups excluding carboxylic acids is 1. The van der Waals surface area contributed by atoms with E-state index in [2.05, 4.69) is 19.1 Å². The van der Waals surface area contributed by atoms with E-state index in [4.69, 9.17) is 16.0 Å². The Labute approximate surface area is 117 Å². The molecule has 100 valence electrons. The summed E-state index contributed by atoms with van der Waals surface area (Å²) in [5.41, 5.74) is 2.38. The van der Waals surface area contributed by atoms with Crippen molar-refractivity contribution < 1.29 is 9.21 Å². The predicted molar refractivity (Wildman–Crippen MR) is 75.3 cm³/mol. The van der Waals surface area contributed by atoms with E-state index in [0.717, 1.165) is 12.0 Å². The Balaban J connectivity index is 2.03. The third kappa shape index (κ3) is 3.38. The van der Waals surface area contributed by atoms with Gasteiger partial charge in [0.2, 0.25) is 0 Å². The first kappa shape index (κ1) is 13.7. The zero-order chi connectivity index (χ0) is 13.8. The van der Waals surface area contributed by atoms with E-state index in [-0.39, 0.29) is 16.9 Å². The normalized spacial score (nSPS) is 10.5. The summed E-state index contributed by atoms with van der Waals surface area (Å²) in [4.78, 5) is 13.7. The average Bonchev–Trinajstić information content (AvgIpc) is 2.85. The van der Waals surface area contributed by atoms with Crippen molar-refractivity contribution in [3.05, 3.63) is 58.5 Å². The number of rotatable bonds is 4. The molecule has 1 heterocycles. The number of halogens is 1. The highest BCUT2D eigenvalue weighted by molar-refractivity contribution is 6.29. The molecule has 3 nitrogen and oxygen atoms in total.